The number of thioether (sulfide) groups is 1. The van der Waals surface area contributed by atoms with Crippen LogP contribution >= 0.6 is 23.4 Å². The molecule has 0 aliphatic rings. The van der Waals surface area contributed by atoms with Crippen LogP contribution in [0.3, 0.4) is 0 Å². The maximum atomic E-state index is 12.9. The zero-order chi connectivity index (χ0) is 20.4. The van der Waals surface area contributed by atoms with Gasteiger partial charge in [0.25, 0.3) is 5.56 Å². The zero-order valence-electron chi connectivity index (χ0n) is 16.2. The number of rotatable bonds is 5. The first-order valence-electron chi connectivity index (χ1n) is 9.02. The smallest absolute Gasteiger partial charge is 0.262 e. The molecule has 146 valence electrons. The fraction of sp³-hybridized carbons (Fsp3) is 0.286. The summed E-state index contributed by atoms with van der Waals surface area (Å²) in [4.78, 5) is 30.2. The van der Waals surface area contributed by atoms with Crippen LogP contribution in [0.1, 0.15) is 32.4 Å². The third-order valence-corrected chi connectivity index (χ3v) is 5.59. The molecule has 0 radical (unpaired) electrons. The topological polar surface area (TPSA) is 64.0 Å². The lowest BCUT2D eigenvalue weighted by Gasteiger charge is -2.18. The molecule has 3 rings (SSSR count). The zero-order valence-corrected chi connectivity index (χ0v) is 17.8. The van der Waals surface area contributed by atoms with Crippen molar-refractivity contribution >= 4 is 45.9 Å². The van der Waals surface area contributed by atoms with Crippen LogP contribution in [-0.2, 0) is 4.79 Å². The molecule has 0 saturated heterocycles. The van der Waals surface area contributed by atoms with Gasteiger partial charge in [-0.15, -0.1) is 0 Å². The number of nitrogens with one attached hydrogen (secondary N) is 1. The predicted octanol–water partition coefficient (Wildman–Crippen LogP) is 5.06. The summed E-state index contributed by atoms with van der Waals surface area (Å²) < 4.78 is 1.62. The van der Waals surface area contributed by atoms with E-state index in [9.17, 15) is 9.59 Å². The lowest BCUT2D eigenvalue weighted by molar-refractivity contribution is -0.115. The van der Waals surface area contributed by atoms with Gasteiger partial charge in [-0.05, 0) is 63.6 Å². The number of anilines is 1. The molecule has 0 unspecified atom stereocenters. The molecule has 2 aromatic carbocycles. The summed E-state index contributed by atoms with van der Waals surface area (Å²) in [7, 11) is 0. The van der Waals surface area contributed by atoms with Gasteiger partial charge < -0.3 is 5.32 Å². The van der Waals surface area contributed by atoms with Gasteiger partial charge in [0.1, 0.15) is 0 Å². The first-order chi connectivity index (χ1) is 13.3. The maximum absolute atomic E-state index is 12.9. The molecule has 1 aromatic heterocycles. The number of aromatic nitrogens is 2. The van der Waals surface area contributed by atoms with Gasteiger partial charge in [-0.2, -0.15) is 0 Å². The Labute approximate surface area is 173 Å². The van der Waals surface area contributed by atoms with Gasteiger partial charge in [-0.25, -0.2) is 4.98 Å². The van der Waals surface area contributed by atoms with Crippen LogP contribution in [0.4, 0.5) is 5.69 Å². The van der Waals surface area contributed by atoms with Crippen molar-refractivity contribution < 1.29 is 4.79 Å². The molecule has 28 heavy (non-hydrogen) atoms. The minimum Gasteiger partial charge on any atom is -0.325 e. The lowest BCUT2D eigenvalue weighted by Crippen LogP contribution is -2.28. The molecule has 1 atom stereocenters. The molecule has 1 heterocycles. The Hall–Kier alpha value is -2.31. The minimum absolute atomic E-state index is 0.0883. The van der Waals surface area contributed by atoms with E-state index in [0.717, 1.165) is 11.3 Å². The Morgan fingerprint density at radius 3 is 2.61 bits per heavy atom. The molecule has 5 nitrogen and oxygen atoms in total. The van der Waals surface area contributed by atoms with Crippen LogP contribution in [-0.4, -0.2) is 20.7 Å². The van der Waals surface area contributed by atoms with Crippen molar-refractivity contribution in [3.63, 3.8) is 0 Å². The Morgan fingerprint density at radius 2 is 1.93 bits per heavy atom. The van der Waals surface area contributed by atoms with Crippen LogP contribution in [0.25, 0.3) is 10.9 Å². The Bertz CT molecular complexity index is 1090. The second-order valence-corrected chi connectivity index (χ2v) is 8.69. The highest BCUT2D eigenvalue weighted by atomic mass is 35.5. The number of nitrogens with zero attached hydrogens (tertiary/aromatic N) is 2. The third kappa shape index (κ3) is 4.39. The molecule has 7 heteroatoms. The van der Waals surface area contributed by atoms with Crippen molar-refractivity contribution in [1.29, 1.82) is 0 Å². The quantitative estimate of drug-likeness (QED) is 0.467. The number of hydrogen-bond acceptors (Lipinski definition) is 4. The first-order valence-corrected chi connectivity index (χ1v) is 10.3. The molecular formula is C21H22ClN3O2S. The normalized spacial score (nSPS) is 12.4. The summed E-state index contributed by atoms with van der Waals surface area (Å²) in [5.41, 5.74) is 2.21. The van der Waals surface area contributed by atoms with E-state index in [1.54, 1.807) is 29.7 Å². The predicted molar refractivity (Wildman–Crippen MR) is 117 cm³/mol. The Morgan fingerprint density at radius 1 is 1.18 bits per heavy atom. The van der Waals surface area contributed by atoms with E-state index in [0.29, 0.717) is 21.1 Å². The highest BCUT2D eigenvalue weighted by molar-refractivity contribution is 8.00. The van der Waals surface area contributed by atoms with Gasteiger partial charge >= 0.3 is 0 Å². The van der Waals surface area contributed by atoms with Crippen LogP contribution in [0, 0.1) is 6.92 Å². The number of aryl methyl sites for hydroxylation is 1. The molecule has 3 aromatic rings. The standard InChI is InChI=1S/C21H22ClN3O2S/c1-12(2)25-20(27)17-9-8-15(22)11-18(17)24-21(25)28-14(4)19(26)23-16-7-5-6-13(3)10-16/h5-12,14H,1-4H3,(H,23,26)/t14-/m0/s1. The first kappa shape index (κ1) is 20.4. The van der Waals surface area contributed by atoms with Crippen molar-refractivity contribution in [2.45, 2.75) is 44.1 Å². The summed E-state index contributed by atoms with van der Waals surface area (Å²) in [6.45, 7) is 7.62. The van der Waals surface area contributed by atoms with E-state index >= 15 is 0 Å². The van der Waals surface area contributed by atoms with Crippen LogP contribution in [0.2, 0.25) is 5.02 Å². The summed E-state index contributed by atoms with van der Waals surface area (Å²) in [5.74, 6) is -0.147. The highest BCUT2D eigenvalue weighted by Gasteiger charge is 2.21. The van der Waals surface area contributed by atoms with Gasteiger partial charge in [-0.3, -0.25) is 14.2 Å². The largest absolute Gasteiger partial charge is 0.325 e. The lowest BCUT2D eigenvalue weighted by atomic mass is 10.2. The molecule has 0 bridgehead atoms. The number of benzene rings is 2. The number of carbonyl (C=O) groups is 1. The molecule has 0 aliphatic heterocycles. The SMILES string of the molecule is Cc1cccc(NC(=O)[C@H](C)Sc2nc3cc(Cl)ccc3c(=O)n2C(C)C)c1. The molecule has 0 saturated carbocycles. The van der Waals surface area contributed by atoms with Gasteiger partial charge in [-0.1, -0.05) is 35.5 Å². The summed E-state index contributed by atoms with van der Waals surface area (Å²) >= 11 is 7.33. The number of amides is 1. The molecule has 1 N–H and O–H groups in total. The Balaban J connectivity index is 1.92. The van der Waals surface area contributed by atoms with E-state index < -0.39 is 5.25 Å². The number of carbonyl (C=O) groups excluding carboxylic acids is 1. The van der Waals surface area contributed by atoms with Crippen molar-refractivity contribution in [2.24, 2.45) is 0 Å². The minimum atomic E-state index is -0.436. The second-order valence-electron chi connectivity index (χ2n) is 6.94. The molecular weight excluding hydrogens is 394 g/mol. The summed E-state index contributed by atoms with van der Waals surface area (Å²) in [6, 6.07) is 12.6. The van der Waals surface area contributed by atoms with Crippen molar-refractivity contribution in [2.75, 3.05) is 5.32 Å². The van der Waals surface area contributed by atoms with Gasteiger partial charge in [0, 0.05) is 16.8 Å². The monoisotopic (exact) mass is 415 g/mol. The summed E-state index contributed by atoms with van der Waals surface area (Å²) in [5, 5.41) is 4.01. The van der Waals surface area contributed by atoms with E-state index in [1.165, 1.54) is 11.8 Å². The maximum Gasteiger partial charge on any atom is 0.262 e. The summed E-state index contributed by atoms with van der Waals surface area (Å²) in [6.07, 6.45) is 0. The molecule has 1 amide bonds. The van der Waals surface area contributed by atoms with Crippen molar-refractivity contribution in [1.82, 2.24) is 9.55 Å². The Kier molecular flexibility index (Phi) is 6.10. The van der Waals surface area contributed by atoms with Crippen LogP contribution in [0.15, 0.2) is 52.4 Å². The van der Waals surface area contributed by atoms with Gasteiger partial charge in [0.2, 0.25) is 5.91 Å². The average molecular weight is 416 g/mol. The molecule has 0 spiro atoms. The van der Waals surface area contributed by atoms with E-state index in [1.807, 2.05) is 45.0 Å². The van der Waals surface area contributed by atoms with Crippen molar-refractivity contribution in [3.05, 3.63) is 63.4 Å². The third-order valence-electron chi connectivity index (χ3n) is 4.28. The molecule has 0 aliphatic carbocycles. The average Bonchev–Trinajstić information content (AvgIpc) is 2.61. The van der Waals surface area contributed by atoms with Gasteiger partial charge in [0.05, 0.1) is 16.2 Å². The highest BCUT2D eigenvalue weighted by Crippen LogP contribution is 2.26. The van der Waals surface area contributed by atoms with Crippen molar-refractivity contribution in [3.8, 4) is 0 Å². The van der Waals surface area contributed by atoms with E-state index in [4.69, 9.17) is 11.6 Å². The fourth-order valence-corrected chi connectivity index (χ4v) is 4.08. The molecule has 0 fully saturated rings. The van der Waals surface area contributed by atoms with Gasteiger partial charge in [0.15, 0.2) is 5.16 Å². The van der Waals surface area contributed by atoms with E-state index in [2.05, 4.69) is 10.3 Å². The van der Waals surface area contributed by atoms with Crippen LogP contribution < -0.4 is 10.9 Å². The number of hydrogen-bond donors (Lipinski definition) is 1. The number of fused-ring (bicyclic) bond motifs is 1. The van der Waals surface area contributed by atoms with E-state index in [-0.39, 0.29) is 17.5 Å². The fourth-order valence-electron chi connectivity index (χ4n) is 2.87. The number of halogens is 1. The van der Waals surface area contributed by atoms with Crippen LogP contribution in [0.5, 0.6) is 0 Å². The second kappa shape index (κ2) is 8.37.